The number of rotatable bonds is 4. The number of nitrogens with zero attached hydrogens (tertiary/aromatic N) is 2. The van der Waals surface area contributed by atoms with Crippen molar-refractivity contribution in [3.05, 3.63) is 56.8 Å². The van der Waals surface area contributed by atoms with E-state index in [-0.39, 0.29) is 18.0 Å². The Kier molecular flexibility index (Phi) is 3.96. The van der Waals surface area contributed by atoms with E-state index in [0.29, 0.717) is 5.75 Å². The lowest BCUT2D eigenvalue weighted by molar-refractivity contribution is -0.383. The fraction of sp³-hybridized carbons (Fsp3) is 0.0833. The molecule has 0 unspecified atom stereocenters. The van der Waals surface area contributed by atoms with E-state index in [0.717, 1.165) is 10.0 Å². The molecule has 0 spiro atoms. The summed E-state index contributed by atoms with van der Waals surface area (Å²) in [5, 5.41) is 10.6. The molecule has 2 rings (SSSR count). The van der Waals surface area contributed by atoms with Crippen molar-refractivity contribution in [3.63, 3.8) is 0 Å². The molecule has 0 saturated carbocycles. The standard InChI is InChI=1S/C12H10BrN3O3/c13-9-4-10(6-15-5-9)19-7-8-1-2-12(16(17)18)11(14)3-8/h1-6H,7,14H2. The van der Waals surface area contributed by atoms with E-state index in [1.165, 1.54) is 12.1 Å². The molecule has 0 aliphatic rings. The lowest BCUT2D eigenvalue weighted by Gasteiger charge is -2.07. The minimum atomic E-state index is -0.516. The molecular formula is C12H10BrN3O3. The fourth-order valence-electron chi connectivity index (χ4n) is 1.50. The summed E-state index contributed by atoms with van der Waals surface area (Å²) in [5.74, 6) is 0.603. The van der Waals surface area contributed by atoms with Crippen LogP contribution in [0.25, 0.3) is 0 Å². The molecule has 0 amide bonds. The second kappa shape index (κ2) is 5.66. The van der Waals surface area contributed by atoms with Gasteiger partial charge in [-0.1, -0.05) is 0 Å². The summed E-state index contributed by atoms with van der Waals surface area (Å²) in [4.78, 5) is 14.1. The van der Waals surface area contributed by atoms with Gasteiger partial charge in [0, 0.05) is 16.7 Å². The number of nitrogens with two attached hydrogens (primary N) is 1. The van der Waals surface area contributed by atoms with Gasteiger partial charge in [-0.05, 0) is 39.7 Å². The van der Waals surface area contributed by atoms with Gasteiger partial charge >= 0.3 is 0 Å². The molecule has 1 aromatic heterocycles. The SMILES string of the molecule is Nc1cc(COc2cncc(Br)c2)ccc1[N+](=O)[O-]. The van der Waals surface area contributed by atoms with Crippen LogP contribution >= 0.6 is 15.9 Å². The molecule has 0 bridgehead atoms. The minimum Gasteiger partial charge on any atom is -0.487 e. The highest BCUT2D eigenvalue weighted by Crippen LogP contribution is 2.23. The summed E-state index contributed by atoms with van der Waals surface area (Å²) in [6.45, 7) is 0.264. The Hall–Kier alpha value is -2.15. The topological polar surface area (TPSA) is 91.3 Å². The smallest absolute Gasteiger partial charge is 0.292 e. The van der Waals surface area contributed by atoms with Gasteiger partial charge in [0.2, 0.25) is 0 Å². The molecule has 0 radical (unpaired) electrons. The molecule has 0 aliphatic heterocycles. The molecule has 0 aliphatic carbocycles. The summed E-state index contributed by atoms with van der Waals surface area (Å²) in [7, 11) is 0. The lowest BCUT2D eigenvalue weighted by atomic mass is 10.2. The molecule has 1 aromatic carbocycles. The van der Waals surface area contributed by atoms with Crippen molar-refractivity contribution in [2.45, 2.75) is 6.61 Å². The van der Waals surface area contributed by atoms with Crippen molar-refractivity contribution in [2.24, 2.45) is 0 Å². The van der Waals surface area contributed by atoms with Crippen molar-refractivity contribution in [3.8, 4) is 5.75 Å². The van der Waals surface area contributed by atoms with Gasteiger partial charge in [-0.2, -0.15) is 0 Å². The van der Waals surface area contributed by atoms with Crippen molar-refractivity contribution in [1.82, 2.24) is 4.98 Å². The molecule has 0 saturated heterocycles. The summed E-state index contributed by atoms with van der Waals surface area (Å²) < 4.78 is 6.32. The molecule has 19 heavy (non-hydrogen) atoms. The zero-order valence-corrected chi connectivity index (χ0v) is 11.3. The fourth-order valence-corrected chi connectivity index (χ4v) is 1.84. The first-order valence-electron chi connectivity index (χ1n) is 5.32. The summed E-state index contributed by atoms with van der Waals surface area (Å²) in [6.07, 6.45) is 3.23. The molecule has 1 heterocycles. The zero-order chi connectivity index (χ0) is 13.8. The van der Waals surface area contributed by atoms with Crippen molar-refractivity contribution in [2.75, 3.05) is 5.73 Å². The molecule has 98 valence electrons. The average molecular weight is 324 g/mol. The van der Waals surface area contributed by atoms with Gasteiger partial charge < -0.3 is 10.5 Å². The molecular weight excluding hydrogens is 314 g/mol. The van der Waals surface area contributed by atoms with E-state index >= 15 is 0 Å². The number of pyridine rings is 1. The maximum atomic E-state index is 10.6. The van der Waals surface area contributed by atoms with Gasteiger partial charge in [0.1, 0.15) is 18.0 Å². The van der Waals surface area contributed by atoms with Crippen LogP contribution in [0.1, 0.15) is 5.56 Å². The Balaban J connectivity index is 2.08. The van der Waals surface area contributed by atoms with Gasteiger partial charge in [0.05, 0.1) is 11.1 Å². The van der Waals surface area contributed by atoms with E-state index in [4.69, 9.17) is 10.5 Å². The highest BCUT2D eigenvalue weighted by Gasteiger charge is 2.11. The Morgan fingerprint density at radius 2 is 2.16 bits per heavy atom. The largest absolute Gasteiger partial charge is 0.487 e. The van der Waals surface area contributed by atoms with Crippen LogP contribution in [-0.4, -0.2) is 9.91 Å². The van der Waals surface area contributed by atoms with Gasteiger partial charge in [-0.25, -0.2) is 0 Å². The second-order valence-electron chi connectivity index (χ2n) is 3.78. The Labute approximate surface area is 117 Å². The lowest BCUT2D eigenvalue weighted by Crippen LogP contribution is -2.00. The number of nitro groups is 1. The number of hydrogen-bond acceptors (Lipinski definition) is 5. The predicted octanol–water partition coefficient (Wildman–Crippen LogP) is 2.91. The van der Waals surface area contributed by atoms with Crippen LogP contribution in [0.4, 0.5) is 11.4 Å². The maximum absolute atomic E-state index is 10.6. The molecule has 0 atom stereocenters. The number of halogens is 1. The van der Waals surface area contributed by atoms with E-state index < -0.39 is 4.92 Å². The number of benzene rings is 1. The van der Waals surface area contributed by atoms with E-state index in [1.807, 2.05) is 0 Å². The van der Waals surface area contributed by atoms with Crippen LogP contribution in [0.15, 0.2) is 41.1 Å². The first-order chi connectivity index (χ1) is 9.06. The Morgan fingerprint density at radius 1 is 1.37 bits per heavy atom. The van der Waals surface area contributed by atoms with Crippen LogP contribution in [-0.2, 0) is 6.61 Å². The predicted molar refractivity (Wildman–Crippen MR) is 73.8 cm³/mol. The summed E-state index contributed by atoms with van der Waals surface area (Å²) >= 11 is 3.29. The van der Waals surface area contributed by atoms with Crippen molar-refractivity contribution < 1.29 is 9.66 Å². The van der Waals surface area contributed by atoms with E-state index in [1.54, 1.807) is 24.5 Å². The highest BCUT2D eigenvalue weighted by atomic mass is 79.9. The van der Waals surface area contributed by atoms with Gasteiger partial charge in [-0.3, -0.25) is 15.1 Å². The van der Waals surface area contributed by atoms with Crippen LogP contribution in [0.2, 0.25) is 0 Å². The van der Waals surface area contributed by atoms with Gasteiger partial charge in [0.15, 0.2) is 0 Å². The third-order valence-corrected chi connectivity index (χ3v) is 2.81. The number of hydrogen-bond donors (Lipinski definition) is 1. The molecule has 2 N–H and O–H groups in total. The van der Waals surface area contributed by atoms with Crippen LogP contribution < -0.4 is 10.5 Å². The number of nitrogen functional groups attached to an aromatic ring is 1. The van der Waals surface area contributed by atoms with Crippen LogP contribution in [0.5, 0.6) is 5.75 Å². The molecule has 0 fully saturated rings. The first kappa shape index (κ1) is 13.3. The third-order valence-electron chi connectivity index (χ3n) is 2.37. The summed E-state index contributed by atoms with van der Waals surface area (Å²) in [5.41, 5.74) is 6.37. The summed E-state index contributed by atoms with van der Waals surface area (Å²) in [6, 6.07) is 6.29. The minimum absolute atomic E-state index is 0.104. The quantitative estimate of drug-likeness (QED) is 0.530. The molecule has 6 nitrogen and oxygen atoms in total. The second-order valence-corrected chi connectivity index (χ2v) is 4.69. The number of anilines is 1. The highest BCUT2D eigenvalue weighted by molar-refractivity contribution is 9.10. The van der Waals surface area contributed by atoms with Gasteiger partial charge in [0.25, 0.3) is 5.69 Å². The molecule has 7 heteroatoms. The Morgan fingerprint density at radius 3 is 2.79 bits per heavy atom. The number of aromatic nitrogens is 1. The van der Waals surface area contributed by atoms with Crippen molar-refractivity contribution >= 4 is 27.3 Å². The first-order valence-corrected chi connectivity index (χ1v) is 6.11. The number of nitro benzene ring substituents is 1. The van der Waals surface area contributed by atoms with Crippen LogP contribution in [0, 0.1) is 10.1 Å². The van der Waals surface area contributed by atoms with E-state index in [9.17, 15) is 10.1 Å². The monoisotopic (exact) mass is 323 g/mol. The normalized spacial score (nSPS) is 10.2. The average Bonchev–Trinajstić information content (AvgIpc) is 2.36. The maximum Gasteiger partial charge on any atom is 0.292 e. The van der Waals surface area contributed by atoms with Crippen LogP contribution in [0.3, 0.4) is 0 Å². The third kappa shape index (κ3) is 3.41. The van der Waals surface area contributed by atoms with E-state index in [2.05, 4.69) is 20.9 Å². The number of ether oxygens (including phenoxy) is 1. The van der Waals surface area contributed by atoms with Crippen molar-refractivity contribution in [1.29, 1.82) is 0 Å². The molecule has 2 aromatic rings. The van der Waals surface area contributed by atoms with Gasteiger partial charge in [-0.15, -0.1) is 0 Å². The Bertz CT molecular complexity index is 619. The zero-order valence-electron chi connectivity index (χ0n) is 9.75.